The minimum atomic E-state index is -0.467. The van der Waals surface area contributed by atoms with Crippen molar-refractivity contribution in [1.29, 1.82) is 0 Å². The third-order valence-corrected chi connectivity index (χ3v) is 3.28. The number of amides is 1. The smallest absolute Gasteiger partial charge is 0.242 e. The van der Waals surface area contributed by atoms with Gasteiger partial charge in [0.15, 0.2) is 0 Å². The number of furan rings is 1. The van der Waals surface area contributed by atoms with Gasteiger partial charge in [-0.05, 0) is 28.6 Å². The molecule has 3 aromatic rings. The Kier molecular flexibility index (Phi) is 4.32. The number of methoxy groups -OCH3 is 1. The van der Waals surface area contributed by atoms with Gasteiger partial charge in [0.05, 0.1) is 13.4 Å². The first-order chi connectivity index (χ1) is 11.3. The number of ether oxygens (including phenoxy) is 1. The Morgan fingerprint density at radius 2 is 2.22 bits per heavy atom. The average Bonchev–Trinajstić information content (AvgIpc) is 3.26. The summed E-state index contributed by atoms with van der Waals surface area (Å²) in [6, 6.07) is 10.6. The summed E-state index contributed by atoms with van der Waals surface area (Å²) >= 11 is 0. The fraction of sp³-hybridized carbons (Fsp3) is 0.200. The maximum atomic E-state index is 12.3. The van der Waals surface area contributed by atoms with E-state index in [9.17, 15) is 4.79 Å². The summed E-state index contributed by atoms with van der Waals surface area (Å²) in [5.41, 5.74) is 0.801. The zero-order valence-electron chi connectivity index (χ0n) is 12.4. The van der Waals surface area contributed by atoms with Gasteiger partial charge in [0, 0.05) is 5.56 Å². The van der Waals surface area contributed by atoms with Gasteiger partial charge in [-0.25, -0.2) is 4.68 Å². The Morgan fingerprint density at radius 1 is 1.35 bits per heavy atom. The van der Waals surface area contributed by atoms with Crippen molar-refractivity contribution in [1.82, 2.24) is 25.5 Å². The summed E-state index contributed by atoms with van der Waals surface area (Å²) in [4.78, 5) is 12.3. The van der Waals surface area contributed by atoms with E-state index in [0.29, 0.717) is 11.5 Å². The molecular weight excluding hydrogens is 298 g/mol. The molecule has 8 heteroatoms. The van der Waals surface area contributed by atoms with Crippen LogP contribution in [0.3, 0.4) is 0 Å². The summed E-state index contributed by atoms with van der Waals surface area (Å²) in [6.45, 7) is 0.0133. The predicted molar refractivity (Wildman–Crippen MR) is 79.5 cm³/mol. The highest BCUT2D eigenvalue weighted by Crippen LogP contribution is 2.30. The molecular formula is C15H15N5O3. The van der Waals surface area contributed by atoms with Gasteiger partial charge < -0.3 is 14.5 Å². The Labute approximate surface area is 132 Å². The number of hydrogen-bond acceptors (Lipinski definition) is 6. The molecule has 0 saturated heterocycles. The van der Waals surface area contributed by atoms with Gasteiger partial charge >= 0.3 is 0 Å². The molecule has 0 aliphatic heterocycles. The molecule has 1 N–H and O–H groups in total. The second kappa shape index (κ2) is 6.73. The van der Waals surface area contributed by atoms with Gasteiger partial charge in [-0.2, -0.15) is 0 Å². The highest BCUT2D eigenvalue weighted by molar-refractivity contribution is 5.76. The van der Waals surface area contributed by atoms with E-state index >= 15 is 0 Å². The first-order valence-corrected chi connectivity index (χ1v) is 6.94. The van der Waals surface area contributed by atoms with E-state index in [1.807, 2.05) is 24.3 Å². The van der Waals surface area contributed by atoms with Crippen LogP contribution in [-0.2, 0) is 11.3 Å². The highest BCUT2D eigenvalue weighted by Gasteiger charge is 2.22. The number of nitrogens with one attached hydrogen (secondary N) is 1. The Hall–Kier alpha value is -3.16. The van der Waals surface area contributed by atoms with Crippen molar-refractivity contribution in [3.63, 3.8) is 0 Å². The van der Waals surface area contributed by atoms with Crippen LogP contribution in [0.4, 0.5) is 0 Å². The van der Waals surface area contributed by atoms with Crippen molar-refractivity contribution >= 4 is 5.91 Å². The number of nitrogens with zero attached hydrogens (tertiary/aromatic N) is 4. The van der Waals surface area contributed by atoms with Gasteiger partial charge in [0.1, 0.15) is 30.4 Å². The molecule has 2 heterocycles. The number of carbonyl (C=O) groups is 1. The molecule has 0 fully saturated rings. The van der Waals surface area contributed by atoms with Crippen LogP contribution in [0.15, 0.2) is 53.4 Å². The second-order valence-electron chi connectivity index (χ2n) is 4.77. The van der Waals surface area contributed by atoms with E-state index in [0.717, 1.165) is 5.56 Å². The maximum absolute atomic E-state index is 12.3. The molecule has 3 rings (SSSR count). The molecule has 1 atom stereocenters. The highest BCUT2D eigenvalue weighted by atomic mass is 16.5. The van der Waals surface area contributed by atoms with E-state index < -0.39 is 6.04 Å². The first-order valence-electron chi connectivity index (χ1n) is 6.94. The Balaban J connectivity index is 1.86. The van der Waals surface area contributed by atoms with Gasteiger partial charge in [-0.3, -0.25) is 4.79 Å². The van der Waals surface area contributed by atoms with Crippen molar-refractivity contribution in [2.24, 2.45) is 0 Å². The van der Waals surface area contributed by atoms with Gasteiger partial charge in [-0.15, -0.1) is 5.10 Å². The molecule has 0 aliphatic rings. The van der Waals surface area contributed by atoms with E-state index in [-0.39, 0.29) is 12.5 Å². The van der Waals surface area contributed by atoms with Crippen LogP contribution in [0.5, 0.6) is 5.75 Å². The molecule has 1 aromatic carbocycles. The fourth-order valence-corrected chi connectivity index (χ4v) is 2.27. The Bertz CT molecular complexity index is 755. The minimum Gasteiger partial charge on any atom is -0.496 e. The number of carbonyl (C=O) groups excluding carboxylic acids is 1. The molecule has 2 aromatic heterocycles. The van der Waals surface area contributed by atoms with Gasteiger partial charge in [0.2, 0.25) is 5.91 Å². The van der Waals surface area contributed by atoms with Crippen LogP contribution >= 0.6 is 0 Å². The fourth-order valence-electron chi connectivity index (χ4n) is 2.27. The lowest BCUT2D eigenvalue weighted by molar-refractivity contribution is -0.122. The van der Waals surface area contributed by atoms with Gasteiger partial charge in [-0.1, -0.05) is 18.2 Å². The summed E-state index contributed by atoms with van der Waals surface area (Å²) in [6.07, 6.45) is 2.94. The number of rotatable bonds is 6. The predicted octanol–water partition coefficient (Wildman–Crippen LogP) is 1.18. The van der Waals surface area contributed by atoms with E-state index in [2.05, 4.69) is 20.8 Å². The van der Waals surface area contributed by atoms with Crippen molar-refractivity contribution in [2.45, 2.75) is 12.6 Å². The third-order valence-electron chi connectivity index (χ3n) is 3.28. The average molecular weight is 313 g/mol. The first kappa shape index (κ1) is 14.8. The molecule has 0 bridgehead atoms. The minimum absolute atomic E-state index is 0.0133. The normalized spacial score (nSPS) is 11.9. The molecule has 1 amide bonds. The molecule has 0 spiro atoms. The molecule has 0 radical (unpaired) electrons. The van der Waals surface area contributed by atoms with Crippen LogP contribution in [0.2, 0.25) is 0 Å². The van der Waals surface area contributed by atoms with Crippen molar-refractivity contribution in [3.05, 3.63) is 60.3 Å². The summed E-state index contributed by atoms with van der Waals surface area (Å²) < 4.78 is 12.2. The molecule has 23 heavy (non-hydrogen) atoms. The summed E-state index contributed by atoms with van der Waals surface area (Å²) in [5.74, 6) is 1.03. The lowest BCUT2D eigenvalue weighted by Gasteiger charge is -2.19. The monoisotopic (exact) mass is 313 g/mol. The van der Waals surface area contributed by atoms with E-state index in [4.69, 9.17) is 9.15 Å². The largest absolute Gasteiger partial charge is 0.496 e. The second-order valence-corrected chi connectivity index (χ2v) is 4.77. The van der Waals surface area contributed by atoms with Crippen LogP contribution < -0.4 is 10.1 Å². The standard InChI is InChI=1S/C15H15N5O3/c1-22-12-6-3-2-5-11(12)15(13-7-4-8-23-13)17-14(21)9-20-10-16-18-19-20/h2-8,10,15H,9H2,1H3,(H,17,21)/t15-/m0/s1. The van der Waals surface area contributed by atoms with Crippen LogP contribution in [0, 0.1) is 0 Å². The van der Waals surface area contributed by atoms with E-state index in [1.54, 1.807) is 25.5 Å². The van der Waals surface area contributed by atoms with Crippen molar-refractivity contribution in [3.8, 4) is 5.75 Å². The number of para-hydroxylation sites is 1. The Morgan fingerprint density at radius 3 is 2.91 bits per heavy atom. The zero-order chi connectivity index (χ0) is 16.1. The van der Waals surface area contributed by atoms with Crippen LogP contribution in [0.1, 0.15) is 17.4 Å². The zero-order valence-corrected chi connectivity index (χ0v) is 12.4. The SMILES string of the molecule is COc1ccccc1[C@H](NC(=O)Cn1cnnn1)c1ccco1. The summed E-state index contributed by atoms with van der Waals surface area (Å²) in [5, 5.41) is 13.6. The molecule has 0 aliphatic carbocycles. The lowest BCUT2D eigenvalue weighted by Crippen LogP contribution is -2.32. The van der Waals surface area contributed by atoms with E-state index in [1.165, 1.54) is 11.0 Å². The van der Waals surface area contributed by atoms with Crippen LogP contribution in [-0.4, -0.2) is 33.2 Å². The molecule has 0 saturated carbocycles. The third kappa shape index (κ3) is 3.37. The number of hydrogen-bond donors (Lipinski definition) is 1. The van der Waals surface area contributed by atoms with Crippen molar-refractivity contribution < 1.29 is 13.9 Å². The number of tetrazole rings is 1. The summed E-state index contributed by atoms with van der Waals surface area (Å²) in [7, 11) is 1.58. The maximum Gasteiger partial charge on any atom is 0.242 e. The quantitative estimate of drug-likeness (QED) is 0.734. The number of aromatic nitrogens is 4. The number of benzene rings is 1. The van der Waals surface area contributed by atoms with Crippen LogP contribution in [0.25, 0.3) is 0 Å². The molecule has 118 valence electrons. The lowest BCUT2D eigenvalue weighted by atomic mass is 10.0. The topological polar surface area (TPSA) is 95.1 Å². The molecule has 8 nitrogen and oxygen atoms in total. The van der Waals surface area contributed by atoms with Gasteiger partial charge in [0.25, 0.3) is 0 Å². The molecule has 0 unspecified atom stereocenters. The van der Waals surface area contributed by atoms with Crippen molar-refractivity contribution in [2.75, 3.05) is 7.11 Å².